The molecule has 0 radical (unpaired) electrons. The minimum absolute atomic E-state index is 0.372. The first-order valence-electron chi connectivity index (χ1n) is 18.6. The third-order valence-corrected chi connectivity index (χ3v) is 10.9. The Kier molecular flexibility index (Phi) is 7.69. The van der Waals surface area contributed by atoms with Crippen molar-refractivity contribution in [2.24, 2.45) is 0 Å². The maximum absolute atomic E-state index is 15.0. The summed E-state index contributed by atoms with van der Waals surface area (Å²) in [5.41, 5.74) is 12.8. The van der Waals surface area contributed by atoms with Crippen molar-refractivity contribution in [3.8, 4) is 50.8 Å². The summed E-state index contributed by atoms with van der Waals surface area (Å²) in [7, 11) is 0. The van der Waals surface area contributed by atoms with Gasteiger partial charge in [0, 0.05) is 27.6 Å². The molecule has 0 fully saturated rings. The average Bonchev–Trinajstić information content (AvgIpc) is 3.72. The molecule has 56 heavy (non-hydrogen) atoms. The van der Waals surface area contributed by atoms with E-state index in [2.05, 4.69) is 138 Å². The second kappa shape index (κ2) is 12.9. The Morgan fingerprint density at radius 3 is 1.29 bits per heavy atom. The van der Waals surface area contributed by atoms with Gasteiger partial charge in [-0.3, -0.25) is 0 Å². The summed E-state index contributed by atoms with van der Waals surface area (Å²) in [6, 6.07) is 56.1. The van der Waals surface area contributed by atoms with Crippen LogP contribution in [0, 0.1) is 36.8 Å². The number of hydrogen-bond acceptors (Lipinski definition) is 1. The van der Waals surface area contributed by atoms with Gasteiger partial charge in [-0.1, -0.05) is 120 Å². The van der Waals surface area contributed by atoms with Crippen LogP contribution in [-0.2, 0) is 0 Å². The third kappa shape index (κ3) is 5.38. The number of fused-ring (bicyclic) bond motifs is 6. The quantitative estimate of drug-likeness (QED) is 0.174. The van der Waals surface area contributed by atoms with Crippen molar-refractivity contribution in [2.75, 3.05) is 0 Å². The second-order valence-corrected chi connectivity index (χ2v) is 14.6. The van der Waals surface area contributed by atoms with Gasteiger partial charge in [-0.2, -0.15) is 5.26 Å². The number of benzene rings is 8. The Balaban J connectivity index is 1.35. The molecule has 266 valence electrons. The second-order valence-electron chi connectivity index (χ2n) is 14.6. The Morgan fingerprint density at radius 1 is 0.393 bits per heavy atom. The van der Waals surface area contributed by atoms with Gasteiger partial charge >= 0.3 is 0 Å². The van der Waals surface area contributed by atoms with Crippen molar-refractivity contribution < 1.29 is 8.78 Å². The van der Waals surface area contributed by atoms with Gasteiger partial charge in [0.25, 0.3) is 0 Å². The molecular formula is C51H33F2N3. The van der Waals surface area contributed by atoms with Crippen LogP contribution in [0.2, 0.25) is 0 Å². The first-order valence-corrected chi connectivity index (χ1v) is 18.6. The molecule has 10 aromatic rings. The van der Waals surface area contributed by atoms with E-state index < -0.39 is 11.6 Å². The van der Waals surface area contributed by atoms with Crippen molar-refractivity contribution in [1.82, 2.24) is 9.13 Å². The van der Waals surface area contributed by atoms with Gasteiger partial charge in [0.05, 0.1) is 33.4 Å². The molecule has 0 aliphatic rings. The predicted molar refractivity (Wildman–Crippen MR) is 226 cm³/mol. The van der Waals surface area contributed by atoms with E-state index in [9.17, 15) is 5.26 Å². The summed E-state index contributed by atoms with van der Waals surface area (Å²) in [5.74, 6) is -1.35. The lowest BCUT2D eigenvalue weighted by Crippen LogP contribution is -2.05. The maximum atomic E-state index is 15.0. The third-order valence-electron chi connectivity index (χ3n) is 10.9. The Hall–Kier alpha value is -7.29. The van der Waals surface area contributed by atoms with E-state index in [4.69, 9.17) is 0 Å². The molecule has 0 saturated carbocycles. The molecule has 5 heteroatoms. The standard InChI is InChI=1S/C51H33F2N3/c1-31-9-7-11-33(21-31)35-17-19-43-41-13-3-5-15-46(41)55(48(43)25-35)50-27-38(37-23-39(52)29-40(53)24-37)28-51(45(50)30-54)56-47-16-6-4-14-42(47)44-20-18-36(26-49(44)56)34-12-8-10-32(2)22-34/h3-29H,1-2H3. The maximum Gasteiger partial charge on any atom is 0.126 e. The van der Waals surface area contributed by atoms with E-state index in [1.54, 1.807) is 0 Å². The van der Waals surface area contributed by atoms with E-state index in [-0.39, 0.29) is 0 Å². The first-order chi connectivity index (χ1) is 27.3. The number of halogens is 2. The topological polar surface area (TPSA) is 33.6 Å². The zero-order valence-corrected chi connectivity index (χ0v) is 30.7. The van der Waals surface area contributed by atoms with Gasteiger partial charge in [-0.25, -0.2) is 8.78 Å². The highest BCUT2D eigenvalue weighted by Crippen LogP contribution is 2.42. The molecule has 2 heterocycles. The lowest BCUT2D eigenvalue weighted by molar-refractivity contribution is 0.584. The van der Waals surface area contributed by atoms with Gasteiger partial charge in [-0.15, -0.1) is 0 Å². The van der Waals surface area contributed by atoms with Crippen LogP contribution >= 0.6 is 0 Å². The number of nitriles is 1. The van der Waals surface area contributed by atoms with Crippen LogP contribution in [0.15, 0.2) is 164 Å². The molecule has 10 rings (SSSR count). The van der Waals surface area contributed by atoms with Crippen LogP contribution < -0.4 is 0 Å². The molecule has 0 spiro atoms. The summed E-state index contributed by atoms with van der Waals surface area (Å²) in [4.78, 5) is 0. The highest BCUT2D eigenvalue weighted by molar-refractivity contribution is 6.12. The molecule has 0 unspecified atom stereocenters. The normalized spacial score (nSPS) is 11.6. The number of aromatic nitrogens is 2. The van der Waals surface area contributed by atoms with Gasteiger partial charge < -0.3 is 9.13 Å². The highest BCUT2D eigenvalue weighted by Gasteiger charge is 2.23. The number of hydrogen-bond donors (Lipinski definition) is 0. The van der Waals surface area contributed by atoms with E-state index in [0.29, 0.717) is 28.1 Å². The summed E-state index contributed by atoms with van der Waals surface area (Å²) in [6.07, 6.45) is 0. The predicted octanol–water partition coefficient (Wildman–Crippen LogP) is 13.6. The summed E-state index contributed by atoms with van der Waals surface area (Å²) in [6.45, 7) is 4.16. The molecule has 0 N–H and O–H groups in total. The number of para-hydroxylation sites is 2. The fourth-order valence-electron chi connectivity index (χ4n) is 8.43. The minimum Gasteiger partial charge on any atom is -0.308 e. The summed E-state index contributed by atoms with van der Waals surface area (Å²) < 4.78 is 34.3. The van der Waals surface area contributed by atoms with Crippen LogP contribution in [-0.4, -0.2) is 9.13 Å². The summed E-state index contributed by atoms with van der Waals surface area (Å²) >= 11 is 0. The fourth-order valence-corrected chi connectivity index (χ4v) is 8.43. The Bertz CT molecular complexity index is 3060. The Labute approximate surface area is 322 Å². The number of aryl methyl sites for hydroxylation is 2. The fraction of sp³-hybridized carbons (Fsp3) is 0.0392. The van der Waals surface area contributed by atoms with E-state index >= 15 is 8.78 Å². The van der Waals surface area contributed by atoms with Crippen molar-refractivity contribution in [2.45, 2.75) is 13.8 Å². The van der Waals surface area contributed by atoms with Crippen LogP contribution in [0.5, 0.6) is 0 Å². The van der Waals surface area contributed by atoms with Crippen LogP contribution in [0.1, 0.15) is 16.7 Å². The van der Waals surface area contributed by atoms with Crippen LogP contribution in [0.4, 0.5) is 8.78 Å². The largest absolute Gasteiger partial charge is 0.308 e. The molecule has 0 aliphatic heterocycles. The lowest BCUT2D eigenvalue weighted by Gasteiger charge is -2.19. The van der Waals surface area contributed by atoms with Crippen LogP contribution in [0.25, 0.3) is 88.4 Å². The molecule has 2 aromatic heterocycles. The van der Waals surface area contributed by atoms with Gasteiger partial charge in [0.15, 0.2) is 0 Å². The van der Waals surface area contributed by atoms with Crippen molar-refractivity contribution in [3.05, 3.63) is 192 Å². The molecule has 0 atom stereocenters. The molecule has 0 saturated heterocycles. The van der Waals surface area contributed by atoms with E-state index in [1.807, 2.05) is 36.4 Å². The minimum atomic E-state index is -0.674. The molecule has 0 amide bonds. The zero-order chi connectivity index (χ0) is 38.1. The van der Waals surface area contributed by atoms with Crippen molar-refractivity contribution >= 4 is 43.6 Å². The van der Waals surface area contributed by atoms with Gasteiger partial charge in [0.1, 0.15) is 23.3 Å². The Morgan fingerprint density at radius 2 is 0.821 bits per heavy atom. The smallest absolute Gasteiger partial charge is 0.126 e. The van der Waals surface area contributed by atoms with Gasteiger partial charge in [-0.05, 0) is 95.8 Å². The molecular weight excluding hydrogens is 693 g/mol. The number of nitrogens with zero attached hydrogens (tertiary/aromatic N) is 3. The SMILES string of the molecule is Cc1cccc(-c2ccc3c4ccccc4n(-c4cc(-c5cc(F)cc(F)c5)cc(-n5c6ccccc6c6ccc(-c7cccc(C)c7)cc65)c4C#N)c3c2)c1. The molecule has 3 nitrogen and oxygen atoms in total. The van der Waals surface area contributed by atoms with Crippen molar-refractivity contribution in [3.63, 3.8) is 0 Å². The molecule has 8 aromatic carbocycles. The van der Waals surface area contributed by atoms with E-state index in [0.717, 1.165) is 83.1 Å². The van der Waals surface area contributed by atoms with E-state index in [1.165, 1.54) is 12.1 Å². The molecule has 0 bridgehead atoms. The monoisotopic (exact) mass is 725 g/mol. The molecule has 0 aliphatic carbocycles. The van der Waals surface area contributed by atoms with Crippen molar-refractivity contribution in [1.29, 1.82) is 5.26 Å². The first kappa shape index (κ1) is 33.3. The van der Waals surface area contributed by atoms with Gasteiger partial charge in [0.2, 0.25) is 0 Å². The highest BCUT2D eigenvalue weighted by atomic mass is 19.1. The average molecular weight is 726 g/mol. The lowest BCUT2D eigenvalue weighted by atomic mass is 9.99. The summed E-state index contributed by atoms with van der Waals surface area (Å²) in [5, 5.41) is 15.5. The zero-order valence-electron chi connectivity index (χ0n) is 30.7. The number of rotatable bonds is 5. The van der Waals surface area contributed by atoms with Crippen LogP contribution in [0.3, 0.4) is 0 Å².